The Hall–Kier alpha value is -2.82. The molecule has 5 nitrogen and oxygen atoms in total. The van der Waals surface area contributed by atoms with Crippen LogP contribution in [0.3, 0.4) is 0 Å². The number of carbonyl (C=O) groups excluding carboxylic acids is 1. The second-order valence-corrected chi connectivity index (χ2v) is 6.32. The van der Waals surface area contributed by atoms with Gasteiger partial charge < -0.3 is 14.6 Å². The molecular formula is C20H21N3O2. The number of nitrogens with zero attached hydrogens (tertiary/aromatic N) is 2. The summed E-state index contributed by atoms with van der Waals surface area (Å²) in [4.78, 5) is 17.2. The Bertz CT molecular complexity index is 916. The van der Waals surface area contributed by atoms with E-state index in [1.807, 2.05) is 49.4 Å². The molecule has 0 spiro atoms. The summed E-state index contributed by atoms with van der Waals surface area (Å²) < 4.78 is 7.79. The average Bonchev–Trinajstić information content (AvgIpc) is 2.96. The fourth-order valence-electron chi connectivity index (χ4n) is 3.51. The Morgan fingerprint density at radius 3 is 2.96 bits per heavy atom. The highest BCUT2D eigenvalue weighted by Gasteiger charge is 2.27. The number of hydrogen-bond donors (Lipinski definition) is 1. The van der Waals surface area contributed by atoms with Crippen molar-refractivity contribution in [3.05, 3.63) is 59.9 Å². The third-order valence-electron chi connectivity index (χ3n) is 4.76. The van der Waals surface area contributed by atoms with Gasteiger partial charge in [0.15, 0.2) is 0 Å². The lowest BCUT2D eigenvalue weighted by atomic mass is 9.92. The largest absolute Gasteiger partial charge is 0.493 e. The van der Waals surface area contributed by atoms with E-state index in [4.69, 9.17) is 4.74 Å². The maximum absolute atomic E-state index is 12.6. The number of amides is 1. The summed E-state index contributed by atoms with van der Waals surface area (Å²) in [6.07, 6.45) is 0.718. The van der Waals surface area contributed by atoms with Gasteiger partial charge >= 0.3 is 0 Å². The molecule has 1 amide bonds. The van der Waals surface area contributed by atoms with E-state index in [-0.39, 0.29) is 11.8 Å². The zero-order valence-electron chi connectivity index (χ0n) is 14.2. The number of aromatic nitrogens is 2. The lowest BCUT2D eigenvalue weighted by Gasteiger charge is -2.25. The highest BCUT2D eigenvalue weighted by atomic mass is 16.5. The molecule has 128 valence electrons. The second kappa shape index (κ2) is 6.59. The van der Waals surface area contributed by atoms with E-state index < -0.39 is 0 Å². The minimum absolute atomic E-state index is 0.0674. The lowest BCUT2D eigenvalue weighted by Crippen LogP contribution is -2.34. The fourth-order valence-corrected chi connectivity index (χ4v) is 3.51. The molecule has 4 rings (SSSR count). The number of imidazole rings is 1. The van der Waals surface area contributed by atoms with E-state index in [0.29, 0.717) is 19.7 Å². The molecule has 0 fully saturated rings. The Balaban J connectivity index is 1.44. The van der Waals surface area contributed by atoms with Gasteiger partial charge in [0, 0.05) is 18.7 Å². The van der Waals surface area contributed by atoms with Crippen LogP contribution >= 0.6 is 0 Å². The van der Waals surface area contributed by atoms with Crippen molar-refractivity contribution < 1.29 is 9.53 Å². The highest BCUT2D eigenvalue weighted by Crippen LogP contribution is 2.33. The van der Waals surface area contributed by atoms with Crippen LogP contribution in [-0.2, 0) is 11.3 Å². The molecular weight excluding hydrogens is 314 g/mol. The van der Waals surface area contributed by atoms with Gasteiger partial charge in [-0.05, 0) is 31.5 Å². The Morgan fingerprint density at radius 1 is 1.24 bits per heavy atom. The van der Waals surface area contributed by atoms with E-state index in [1.54, 1.807) is 0 Å². The van der Waals surface area contributed by atoms with Crippen molar-refractivity contribution in [2.24, 2.45) is 0 Å². The molecule has 0 aliphatic carbocycles. The van der Waals surface area contributed by atoms with Crippen LogP contribution in [0, 0.1) is 6.92 Å². The summed E-state index contributed by atoms with van der Waals surface area (Å²) >= 11 is 0. The number of carbonyl (C=O) groups is 1. The summed E-state index contributed by atoms with van der Waals surface area (Å²) in [6, 6.07) is 15.9. The van der Waals surface area contributed by atoms with Gasteiger partial charge in [0.1, 0.15) is 11.6 Å². The first-order valence-electron chi connectivity index (χ1n) is 8.65. The van der Waals surface area contributed by atoms with Gasteiger partial charge in [-0.1, -0.05) is 30.3 Å². The van der Waals surface area contributed by atoms with E-state index in [0.717, 1.165) is 34.6 Å². The van der Waals surface area contributed by atoms with Crippen LogP contribution in [0.1, 0.15) is 23.7 Å². The normalized spacial score (nSPS) is 16.3. The summed E-state index contributed by atoms with van der Waals surface area (Å²) in [7, 11) is 0. The first kappa shape index (κ1) is 15.7. The smallest absolute Gasteiger partial charge is 0.227 e. The van der Waals surface area contributed by atoms with Gasteiger partial charge in [0.25, 0.3) is 0 Å². The van der Waals surface area contributed by atoms with Crippen LogP contribution in [-0.4, -0.2) is 28.6 Å². The maximum atomic E-state index is 12.6. The Kier molecular flexibility index (Phi) is 4.14. The molecule has 0 saturated carbocycles. The van der Waals surface area contributed by atoms with Gasteiger partial charge in [-0.3, -0.25) is 4.79 Å². The third kappa shape index (κ3) is 2.97. The van der Waals surface area contributed by atoms with Crippen LogP contribution in [0.2, 0.25) is 0 Å². The van der Waals surface area contributed by atoms with Gasteiger partial charge in [-0.15, -0.1) is 0 Å². The molecule has 0 radical (unpaired) electrons. The van der Waals surface area contributed by atoms with Gasteiger partial charge in [0.05, 0.1) is 23.6 Å². The van der Waals surface area contributed by atoms with Crippen molar-refractivity contribution in [1.82, 2.24) is 14.9 Å². The van der Waals surface area contributed by atoms with Crippen LogP contribution < -0.4 is 10.1 Å². The molecule has 3 aromatic rings. The quantitative estimate of drug-likeness (QED) is 0.797. The minimum atomic E-state index is -0.134. The van der Waals surface area contributed by atoms with Crippen molar-refractivity contribution >= 4 is 16.9 Å². The van der Waals surface area contributed by atoms with E-state index in [2.05, 4.69) is 20.9 Å². The molecule has 1 aromatic heterocycles. The number of aryl methyl sites for hydroxylation is 1. The molecule has 0 unspecified atom stereocenters. The lowest BCUT2D eigenvalue weighted by molar-refractivity contribution is -0.123. The third-order valence-corrected chi connectivity index (χ3v) is 4.76. The predicted molar refractivity (Wildman–Crippen MR) is 96.8 cm³/mol. The van der Waals surface area contributed by atoms with E-state index in [1.165, 1.54) is 0 Å². The van der Waals surface area contributed by atoms with Crippen LogP contribution in [0.5, 0.6) is 5.75 Å². The number of fused-ring (bicyclic) bond motifs is 2. The van der Waals surface area contributed by atoms with Crippen molar-refractivity contribution in [3.63, 3.8) is 0 Å². The zero-order chi connectivity index (χ0) is 17.2. The summed E-state index contributed by atoms with van der Waals surface area (Å²) in [6.45, 7) is 3.87. The number of para-hydroxylation sites is 3. The van der Waals surface area contributed by atoms with Crippen molar-refractivity contribution in [2.75, 3.05) is 13.2 Å². The number of rotatable bonds is 4. The molecule has 1 aliphatic rings. The number of ether oxygens (including phenoxy) is 1. The van der Waals surface area contributed by atoms with Crippen LogP contribution in [0.25, 0.3) is 11.0 Å². The topological polar surface area (TPSA) is 56.2 Å². The molecule has 25 heavy (non-hydrogen) atoms. The van der Waals surface area contributed by atoms with Crippen molar-refractivity contribution in [3.8, 4) is 5.75 Å². The molecule has 1 atom stereocenters. The molecule has 2 aromatic carbocycles. The van der Waals surface area contributed by atoms with Gasteiger partial charge in [-0.25, -0.2) is 4.98 Å². The molecule has 2 heterocycles. The maximum Gasteiger partial charge on any atom is 0.227 e. The number of benzene rings is 2. The SMILES string of the molecule is Cc1nc2ccccc2n1CCNC(=O)[C@H]1CCOc2ccccc21. The first-order valence-corrected chi connectivity index (χ1v) is 8.65. The van der Waals surface area contributed by atoms with E-state index in [9.17, 15) is 4.79 Å². The highest BCUT2D eigenvalue weighted by molar-refractivity contribution is 5.84. The Morgan fingerprint density at radius 2 is 2.04 bits per heavy atom. The number of hydrogen-bond acceptors (Lipinski definition) is 3. The minimum Gasteiger partial charge on any atom is -0.493 e. The van der Waals surface area contributed by atoms with Crippen molar-refractivity contribution in [1.29, 1.82) is 0 Å². The zero-order valence-corrected chi connectivity index (χ0v) is 14.2. The molecule has 5 heteroatoms. The average molecular weight is 335 g/mol. The molecule has 0 bridgehead atoms. The monoisotopic (exact) mass is 335 g/mol. The number of nitrogens with one attached hydrogen (secondary N) is 1. The second-order valence-electron chi connectivity index (χ2n) is 6.32. The standard InChI is InChI=1S/C20H21N3O2/c1-14-22-17-7-3-4-8-18(17)23(14)12-11-21-20(24)16-10-13-25-19-9-5-2-6-15(16)19/h2-9,16H,10-13H2,1H3,(H,21,24)/t16-/m0/s1. The molecule has 1 aliphatic heterocycles. The Labute approximate surface area is 146 Å². The molecule has 0 saturated heterocycles. The van der Waals surface area contributed by atoms with E-state index >= 15 is 0 Å². The van der Waals surface area contributed by atoms with Gasteiger partial charge in [-0.2, -0.15) is 0 Å². The predicted octanol–water partition coefficient (Wildman–Crippen LogP) is 3.03. The fraction of sp³-hybridized carbons (Fsp3) is 0.300. The summed E-state index contributed by atoms with van der Waals surface area (Å²) in [5, 5.41) is 3.08. The van der Waals surface area contributed by atoms with Gasteiger partial charge in [0.2, 0.25) is 5.91 Å². The van der Waals surface area contributed by atoms with Crippen LogP contribution in [0.15, 0.2) is 48.5 Å². The summed E-state index contributed by atoms with van der Waals surface area (Å²) in [5.74, 6) is 1.72. The first-order chi connectivity index (χ1) is 12.2. The molecule has 1 N–H and O–H groups in total. The van der Waals surface area contributed by atoms with Crippen LogP contribution in [0.4, 0.5) is 0 Å². The van der Waals surface area contributed by atoms with Crippen molar-refractivity contribution in [2.45, 2.75) is 25.8 Å². The summed E-state index contributed by atoms with van der Waals surface area (Å²) in [5.41, 5.74) is 3.07.